The summed E-state index contributed by atoms with van der Waals surface area (Å²) in [6.07, 6.45) is 7.18. The maximum absolute atomic E-state index is 3.66. The Hall–Kier alpha value is -0.340. The van der Waals surface area contributed by atoms with E-state index in [1.165, 1.54) is 43.5 Å². The van der Waals surface area contributed by atoms with Crippen LogP contribution in [0.1, 0.15) is 56.9 Å². The highest BCUT2D eigenvalue weighted by molar-refractivity contribution is 7.10. The van der Waals surface area contributed by atoms with Gasteiger partial charge in [0, 0.05) is 10.9 Å². The van der Waals surface area contributed by atoms with Gasteiger partial charge in [0.05, 0.1) is 0 Å². The lowest BCUT2D eigenvalue weighted by atomic mass is 9.81. The van der Waals surface area contributed by atoms with Crippen molar-refractivity contribution < 1.29 is 0 Å². The summed E-state index contributed by atoms with van der Waals surface area (Å²) in [6, 6.07) is 4.89. The number of hydrogen-bond acceptors (Lipinski definition) is 2. The van der Waals surface area contributed by atoms with Crippen LogP contribution in [0.3, 0.4) is 0 Å². The van der Waals surface area contributed by atoms with Crippen molar-refractivity contribution in [2.45, 2.75) is 52.0 Å². The second-order valence-electron chi connectivity index (χ2n) is 5.62. The maximum Gasteiger partial charge on any atom is 0.0386 e. The molecular formula is C15H25NS. The van der Waals surface area contributed by atoms with Gasteiger partial charge < -0.3 is 5.32 Å². The molecule has 0 amide bonds. The first-order chi connectivity index (χ1) is 8.25. The highest BCUT2D eigenvalue weighted by Gasteiger charge is 2.18. The fourth-order valence-corrected chi connectivity index (χ4v) is 3.72. The monoisotopic (exact) mass is 251 g/mol. The Bertz CT molecular complexity index is 307. The van der Waals surface area contributed by atoms with Crippen LogP contribution in [0.15, 0.2) is 17.5 Å². The lowest BCUT2D eigenvalue weighted by molar-refractivity contribution is 0.266. The topological polar surface area (TPSA) is 12.0 Å². The average molecular weight is 251 g/mol. The van der Waals surface area contributed by atoms with E-state index in [9.17, 15) is 0 Å². The first-order valence-corrected chi connectivity index (χ1v) is 7.90. The normalized spacial score (nSPS) is 26.9. The van der Waals surface area contributed by atoms with E-state index in [4.69, 9.17) is 0 Å². The molecule has 1 aromatic heterocycles. The van der Waals surface area contributed by atoms with Gasteiger partial charge in [0.25, 0.3) is 0 Å². The summed E-state index contributed by atoms with van der Waals surface area (Å²) in [7, 11) is 0. The molecule has 0 radical (unpaired) electrons. The molecule has 3 unspecified atom stereocenters. The van der Waals surface area contributed by atoms with E-state index < -0.39 is 0 Å². The fraction of sp³-hybridized carbons (Fsp3) is 0.733. The molecule has 0 saturated heterocycles. The minimum Gasteiger partial charge on any atom is -0.309 e. The zero-order chi connectivity index (χ0) is 12.1. The Morgan fingerprint density at radius 1 is 1.47 bits per heavy atom. The fourth-order valence-electron chi connectivity index (χ4n) is 2.96. The van der Waals surface area contributed by atoms with Crippen molar-refractivity contribution >= 4 is 11.3 Å². The van der Waals surface area contributed by atoms with Gasteiger partial charge in [0.2, 0.25) is 0 Å². The molecule has 96 valence electrons. The van der Waals surface area contributed by atoms with E-state index in [1.807, 2.05) is 11.3 Å². The van der Waals surface area contributed by atoms with Crippen molar-refractivity contribution in [1.82, 2.24) is 5.32 Å². The van der Waals surface area contributed by atoms with Crippen LogP contribution in [0, 0.1) is 11.8 Å². The van der Waals surface area contributed by atoms with Crippen molar-refractivity contribution in [3.8, 4) is 0 Å². The second kappa shape index (κ2) is 6.55. The summed E-state index contributed by atoms with van der Waals surface area (Å²) in [5, 5.41) is 5.82. The van der Waals surface area contributed by atoms with Crippen LogP contribution >= 0.6 is 11.3 Å². The Labute approximate surface area is 110 Å². The van der Waals surface area contributed by atoms with E-state index in [1.54, 1.807) is 0 Å². The third-order valence-electron chi connectivity index (χ3n) is 4.02. The summed E-state index contributed by atoms with van der Waals surface area (Å²) in [5.41, 5.74) is 0. The third kappa shape index (κ3) is 4.11. The average Bonchev–Trinajstić information content (AvgIpc) is 2.82. The van der Waals surface area contributed by atoms with Crippen LogP contribution in [-0.2, 0) is 0 Å². The van der Waals surface area contributed by atoms with Crippen LogP contribution in [0.5, 0.6) is 0 Å². The van der Waals surface area contributed by atoms with Crippen molar-refractivity contribution in [2.75, 3.05) is 6.54 Å². The van der Waals surface area contributed by atoms with Crippen LogP contribution in [0.25, 0.3) is 0 Å². The summed E-state index contributed by atoms with van der Waals surface area (Å²) < 4.78 is 0. The molecule has 0 bridgehead atoms. The highest BCUT2D eigenvalue weighted by atomic mass is 32.1. The smallest absolute Gasteiger partial charge is 0.0386 e. The standard InChI is InChI=1S/C15H25NS/c1-12-5-3-6-14(11-12)8-9-16-13(2)15-7-4-10-17-15/h4,7,10,12-14,16H,3,5-6,8-9,11H2,1-2H3. The van der Waals surface area contributed by atoms with Gasteiger partial charge in [0.1, 0.15) is 0 Å². The van der Waals surface area contributed by atoms with E-state index in [0.29, 0.717) is 6.04 Å². The van der Waals surface area contributed by atoms with Crippen LogP contribution in [0.2, 0.25) is 0 Å². The third-order valence-corrected chi connectivity index (χ3v) is 5.07. The van der Waals surface area contributed by atoms with Crippen molar-refractivity contribution in [3.05, 3.63) is 22.4 Å². The lowest BCUT2D eigenvalue weighted by Crippen LogP contribution is -2.23. The van der Waals surface area contributed by atoms with Crippen LogP contribution in [-0.4, -0.2) is 6.54 Å². The SMILES string of the molecule is CC1CCCC(CCNC(C)c2cccs2)C1. The van der Waals surface area contributed by atoms with Gasteiger partial charge in [-0.3, -0.25) is 0 Å². The van der Waals surface area contributed by atoms with Crippen molar-refractivity contribution in [2.24, 2.45) is 11.8 Å². The zero-order valence-electron chi connectivity index (χ0n) is 11.1. The molecular weight excluding hydrogens is 226 g/mol. The van der Waals surface area contributed by atoms with E-state index in [2.05, 4.69) is 36.7 Å². The second-order valence-corrected chi connectivity index (χ2v) is 6.60. The molecule has 0 aromatic carbocycles. The Kier molecular flexibility index (Phi) is 5.05. The molecule has 1 N–H and O–H groups in total. The van der Waals surface area contributed by atoms with Crippen LogP contribution in [0.4, 0.5) is 0 Å². The van der Waals surface area contributed by atoms with Gasteiger partial charge in [-0.2, -0.15) is 0 Å². The van der Waals surface area contributed by atoms with Gasteiger partial charge in [-0.05, 0) is 49.6 Å². The molecule has 1 heterocycles. The molecule has 2 heteroatoms. The summed E-state index contributed by atoms with van der Waals surface area (Å²) in [5.74, 6) is 1.94. The summed E-state index contributed by atoms with van der Waals surface area (Å²) in [6.45, 7) is 5.86. The van der Waals surface area contributed by atoms with E-state index in [-0.39, 0.29) is 0 Å². The molecule has 1 aromatic rings. The minimum atomic E-state index is 0.524. The van der Waals surface area contributed by atoms with Gasteiger partial charge >= 0.3 is 0 Å². The minimum absolute atomic E-state index is 0.524. The number of hydrogen-bond donors (Lipinski definition) is 1. The van der Waals surface area contributed by atoms with Crippen LogP contribution < -0.4 is 5.32 Å². The lowest BCUT2D eigenvalue weighted by Gasteiger charge is -2.27. The van der Waals surface area contributed by atoms with Gasteiger partial charge in [-0.1, -0.05) is 32.3 Å². The molecule has 2 rings (SSSR count). The van der Waals surface area contributed by atoms with Gasteiger partial charge in [0.15, 0.2) is 0 Å². The maximum atomic E-state index is 3.66. The quantitative estimate of drug-likeness (QED) is 0.805. The van der Waals surface area contributed by atoms with Crippen molar-refractivity contribution in [3.63, 3.8) is 0 Å². The predicted molar refractivity (Wildman–Crippen MR) is 76.5 cm³/mol. The predicted octanol–water partition coefficient (Wildman–Crippen LogP) is 4.62. The summed E-state index contributed by atoms with van der Waals surface area (Å²) >= 11 is 1.85. The molecule has 1 nitrogen and oxygen atoms in total. The van der Waals surface area contributed by atoms with Gasteiger partial charge in [-0.15, -0.1) is 11.3 Å². The molecule has 17 heavy (non-hydrogen) atoms. The van der Waals surface area contributed by atoms with E-state index >= 15 is 0 Å². The van der Waals surface area contributed by atoms with Crippen molar-refractivity contribution in [1.29, 1.82) is 0 Å². The Morgan fingerprint density at radius 3 is 3.06 bits per heavy atom. The molecule has 1 fully saturated rings. The summed E-state index contributed by atoms with van der Waals surface area (Å²) in [4.78, 5) is 1.46. The number of rotatable bonds is 5. The Balaban J connectivity index is 1.65. The first-order valence-electron chi connectivity index (χ1n) is 7.02. The molecule has 1 saturated carbocycles. The van der Waals surface area contributed by atoms with Gasteiger partial charge in [-0.25, -0.2) is 0 Å². The molecule has 1 aliphatic rings. The number of thiophene rings is 1. The highest BCUT2D eigenvalue weighted by Crippen LogP contribution is 2.30. The number of nitrogens with one attached hydrogen (secondary N) is 1. The first kappa shape index (κ1) is 13.1. The largest absolute Gasteiger partial charge is 0.309 e. The molecule has 0 spiro atoms. The molecule has 3 atom stereocenters. The van der Waals surface area contributed by atoms with E-state index in [0.717, 1.165) is 11.8 Å². The zero-order valence-corrected chi connectivity index (χ0v) is 11.9. The molecule has 0 aliphatic heterocycles. The molecule has 1 aliphatic carbocycles. The Morgan fingerprint density at radius 2 is 2.35 bits per heavy atom.